The van der Waals surface area contributed by atoms with Gasteiger partial charge in [0.2, 0.25) is 0 Å². The lowest BCUT2D eigenvalue weighted by Crippen LogP contribution is -2.46. The summed E-state index contributed by atoms with van der Waals surface area (Å²) in [5.74, 6) is -1.49. The summed E-state index contributed by atoms with van der Waals surface area (Å²) in [5, 5.41) is 9.54. The summed E-state index contributed by atoms with van der Waals surface area (Å²) >= 11 is 0. The van der Waals surface area contributed by atoms with Crippen molar-refractivity contribution in [2.45, 2.75) is 45.6 Å². The second-order valence-corrected chi connectivity index (χ2v) is 7.12. The van der Waals surface area contributed by atoms with Gasteiger partial charge in [-0.25, -0.2) is 4.79 Å². The van der Waals surface area contributed by atoms with Crippen LogP contribution in [0.15, 0.2) is 24.3 Å². The van der Waals surface area contributed by atoms with E-state index in [1.807, 2.05) is 52.0 Å². The first-order valence-corrected chi connectivity index (χ1v) is 7.95. The lowest BCUT2D eigenvalue weighted by Gasteiger charge is -2.38. The van der Waals surface area contributed by atoms with Crippen LogP contribution in [0.3, 0.4) is 0 Å². The van der Waals surface area contributed by atoms with Crippen molar-refractivity contribution in [3.63, 3.8) is 0 Å². The van der Waals surface area contributed by atoms with E-state index in [1.54, 1.807) is 4.90 Å². The second-order valence-electron chi connectivity index (χ2n) is 7.12. The van der Waals surface area contributed by atoms with Crippen LogP contribution in [0.5, 0.6) is 0 Å². The molecular weight excluding hydrogens is 294 g/mol. The quantitative estimate of drug-likeness (QED) is 0.907. The fraction of sp³-hybridized carbons (Fsp3) is 0.556. The Bertz CT molecular complexity index is 591. The molecule has 2 atom stereocenters. The molecule has 1 aromatic carbocycles. The molecule has 1 aromatic rings. The topological polar surface area (TPSA) is 66.8 Å². The first kappa shape index (κ1) is 17.3. The minimum Gasteiger partial charge on any atom is -0.481 e. The van der Waals surface area contributed by atoms with Gasteiger partial charge in [0, 0.05) is 19.0 Å². The number of hydrogen-bond donors (Lipinski definition) is 1. The van der Waals surface area contributed by atoms with Crippen LogP contribution in [0.4, 0.5) is 4.79 Å². The number of rotatable bonds is 2. The largest absolute Gasteiger partial charge is 0.481 e. The number of likely N-dealkylation sites (tertiary alicyclic amines) is 1. The lowest BCUT2D eigenvalue weighted by molar-refractivity contribution is -0.144. The molecule has 1 aliphatic rings. The molecule has 0 saturated carbocycles. The minimum absolute atomic E-state index is 0.213. The molecule has 0 aromatic heterocycles. The maximum atomic E-state index is 12.3. The van der Waals surface area contributed by atoms with Crippen LogP contribution in [0.25, 0.3) is 0 Å². The van der Waals surface area contributed by atoms with Gasteiger partial charge < -0.3 is 14.7 Å². The maximum Gasteiger partial charge on any atom is 0.410 e. The van der Waals surface area contributed by atoms with Crippen molar-refractivity contribution in [1.29, 1.82) is 0 Å². The van der Waals surface area contributed by atoms with Crippen LogP contribution in [-0.4, -0.2) is 40.8 Å². The van der Waals surface area contributed by atoms with Crippen molar-refractivity contribution in [3.8, 4) is 0 Å². The normalized spacial score (nSPS) is 21.8. The van der Waals surface area contributed by atoms with E-state index in [0.717, 1.165) is 11.1 Å². The number of nitrogens with zero attached hydrogens (tertiary/aromatic N) is 1. The van der Waals surface area contributed by atoms with Gasteiger partial charge in [-0.3, -0.25) is 4.79 Å². The van der Waals surface area contributed by atoms with E-state index in [1.165, 1.54) is 0 Å². The third-order valence-corrected chi connectivity index (χ3v) is 4.17. The number of hydrogen-bond acceptors (Lipinski definition) is 3. The molecule has 0 bridgehead atoms. The van der Waals surface area contributed by atoms with Crippen LogP contribution < -0.4 is 0 Å². The average molecular weight is 319 g/mol. The van der Waals surface area contributed by atoms with Crippen molar-refractivity contribution < 1.29 is 19.4 Å². The zero-order valence-corrected chi connectivity index (χ0v) is 14.2. The number of ether oxygens (including phenoxy) is 1. The monoisotopic (exact) mass is 319 g/mol. The smallest absolute Gasteiger partial charge is 0.410 e. The standard InChI is InChI=1S/C18H25NO4/c1-12-7-5-6-8-13(12)15-11-19(10-9-14(15)16(20)21)17(22)23-18(2,3)4/h5-8,14-15H,9-11H2,1-4H3,(H,20,21)/t14?,15-/m0/s1. The summed E-state index contributed by atoms with van der Waals surface area (Å²) in [5.41, 5.74) is 1.49. The molecule has 5 heteroatoms. The van der Waals surface area contributed by atoms with E-state index < -0.39 is 17.5 Å². The number of carboxylic acids is 1. The third-order valence-electron chi connectivity index (χ3n) is 4.17. The van der Waals surface area contributed by atoms with Crippen LogP contribution in [0.1, 0.15) is 44.2 Å². The van der Waals surface area contributed by atoms with E-state index >= 15 is 0 Å². The summed E-state index contributed by atoms with van der Waals surface area (Å²) in [6, 6.07) is 7.77. The predicted octanol–water partition coefficient (Wildman–Crippen LogP) is 3.42. The zero-order valence-electron chi connectivity index (χ0n) is 14.2. The molecule has 1 heterocycles. The fourth-order valence-electron chi connectivity index (χ4n) is 3.06. The highest BCUT2D eigenvalue weighted by Gasteiger charge is 2.38. The summed E-state index contributed by atoms with van der Waals surface area (Å²) in [7, 11) is 0. The molecule has 0 radical (unpaired) electrons. The Morgan fingerprint density at radius 3 is 2.48 bits per heavy atom. The van der Waals surface area contributed by atoms with Crippen molar-refractivity contribution in [3.05, 3.63) is 35.4 Å². The number of piperidine rings is 1. The van der Waals surface area contributed by atoms with Crippen LogP contribution in [0.2, 0.25) is 0 Å². The highest BCUT2D eigenvalue weighted by atomic mass is 16.6. The molecule has 1 N–H and O–H groups in total. The average Bonchev–Trinajstić information content (AvgIpc) is 2.45. The molecule has 126 valence electrons. The van der Waals surface area contributed by atoms with Crippen molar-refractivity contribution in [2.24, 2.45) is 5.92 Å². The third kappa shape index (κ3) is 4.24. The Balaban J connectivity index is 2.23. The van der Waals surface area contributed by atoms with E-state index in [-0.39, 0.29) is 12.0 Å². The first-order chi connectivity index (χ1) is 10.7. The van der Waals surface area contributed by atoms with Crippen molar-refractivity contribution in [1.82, 2.24) is 4.90 Å². The second kappa shape index (κ2) is 6.60. The highest BCUT2D eigenvalue weighted by molar-refractivity contribution is 5.73. The number of aliphatic carboxylic acids is 1. The van der Waals surface area contributed by atoms with Gasteiger partial charge >= 0.3 is 12.1 Å². The number of carboxylic acid groups (broad SMARTS) is 1. The molecule has 1 aliphatic heterocycles. The molecule has 2 rings (SSSR count). The molecule has 1 fully saturated rings. The van der Waals surface area contributed by atoms with Crippen LogP contribution in [0, 0.1) is 12.8 Å². The minimum atomic E-state index is -0.804. The molecular formula is C18H25NO4. The number of amides is 1. The van der Waals surface area contributed by atoms with Crippen molar-refractivity contribution >= 4 is 12.1 Å². The van der Waals surface area contributed by atoms with Gasteiger partial charge in [0.15, 0.2) is 0 Å². The van der Waals surface area contributed by atoms with Crippen molar-refractivity contribution in [2.75, 3.05) is 13.1 Å². The molecule has 23 heavy (non-hydrogen) atoms. The predicted molar refractivity (Wildman–Crippen MR) is 87.5 cm³/mol. The fourth-order valence-corrected chi connectivity index (χ4v) is 3.06. The van der Waals surface area contributed by atoms with Gasteiger partial charge in [0.1, 0.15) is 5.60 Å². The Morgan fingerprint density at radius 2 is 1.91 bits per heavy atom. The van der Waals surface area contributed by atoms with Crippen LogP contribution >= 0.6 is 0 Å². The Hall–Kier alpha value is -2.04. The summed E-state index contributed by atoms with van der Waals surface area (Å²) in [6.07, 6.45) is 0.0630. The Morgan fingerprint density at radius 1 is 1.26 bits per heavy atom. The molecule has 5 nitrogen and oxygen atoms in total. The number of aryl methyl sites for hydroxylation is 1. The zero-order chi connectivity index (χ0) is 17.2. The molecule has 0 aliphatic carbocycles. The van der Waals surface area contributed by atoms with Crippen LogP contribution in [-0.2, 0) is 9.53 Å². The van der Waals surface area contributed by atoms with E-state index in [0.29, 0.717) is 19.5 Å². The van der Waals surface area contributed by atoms with E-state index in [2.05, 4.69) is 0 Å². The van der Waals surface area contributed by atoms with Gasteiger partial charge in [-0.2, -0.15) is 0 Å². The van der Waals surface area contributed by atoms with E-state index in [9.17, 15) is 14.7 Å². The van der Waals surface area contributed by atoms with Gasteiger partial charge in [0.25, 0.3) is 0 Å². The first-order valence-electron chi connectivity index (χ1n) is 7.95. The summed E-state index contributed by atoms with van der Waals surface area (Å²) in [4.78, 5) is 25.6. The summed E-state index contributed by atoms with van der Waals surface area (Å²) < 4.78 is 5.43. The Labute approximate surface area is 137 Å². The number of benzene rings is 1. The molecule has 0 spiro atoms. The number of carbonyl (C=O) groups excluding carboxylic acids is 1. The van der Waals surface area contributed by atoms with Gasteiger partial charge in [-0.1, -0.05) is 24.3 Å². The van der Waals surface area contributed by atoms with E-state index in [4.69, 9.17) is 4.74 Å². The lowest BCUT2D eigenvalue weighted by atomic mass is 9.79. The summed E-state index contributed by atoms with van der Waals surface area (Å²) in [6.45, 7) is 8.24. The van der Waals surface area contributed by atoms with Gasteiger partial charge in [-0.05, 0) is 45.2 Å². The Kier molecular flexibility index (Phi) is 4.97. The highest BCUT2D eigenvalue weighted by Crippen LogP contribution is 2.34. The molecule has 1 amide bonds. The maximum absolute atomic E-state index is 12.3. The molecule has 1 unspecified atom stereocenters. The SMILES string of the molecule is Cc1ccccc1[C@@H]1CN(C(=O)OC(C)(C)C)CCC1C(=O)O. The number of carbonyl (C=O) groups is 2. The molecule has 1 saturated heterocycles. The van der Waals surface area contributed by atoms with Gasteiger partial charge in [-0.15, -0.1) is 0 Å². The van der Waals surface area contributed by atoms with Gasteiger partial charge in [0.05, 0.1) is 5.92 Å².